The lowest BCUT2D eigenvalue weighted by Crippen LogP contribution is -2.33. The molecule has 0 spiro atoms. The molecule has 0 bridgehead atoms. The Kier molecular flexibility index (Phi) is 5.36. The second-order valence-corrected chi connectivity index (χ2v) is 6.86. The van der Waals surface area contributed by atoms with Crippen molar-refractivity contribution in [2.45, 2.75) is 6.54 Å². The molecule has 0 aliphatic rings. The van der Waals surface area contributed by atoms with Crippen LogP contribution in [0.2, 0.25) is 0 Å². The Hall–Kier alpha value is -1.85. The van der Waals surface area contributed by atoms with E-state index in [1.807, 2.05) is 60.7 Å². The minimum Gasteiger partial charge on any atom is -0.384 e. The second kappa shape index (κ2) is 7.24. The second-order valence-electron chi connectivity index (χ2n) is 4.87. The maximum absolute atomic E-state index is 11.9. The van der Waals surface area contributed by atoms with Gasteiger partial charge in [-0.2, -0.15) is 4.31 Å². The molecule has 0 heterocycles. The normalized spacial score (nSPS) is 11.5. The molecule has 5 heteroatoms. The van der Waals surface area contributed by atoms with E-state index in [1.165, 1.54) is 10.6 Å². The van der Waals surface area contributed by atoms with Gasteiger partial charge >= 0.3 is 0 Å². The number of para-hydroxylation sites is 1. The lowest BCUT2D eigenvalue weighted by Gasteiger charge is -2.20. The summed E-state index contributed by atoms with van der Waals surface area (Å²) in [7, 11) is -3.22. The summed E-state index contributed by atoms with van der Waals surface area (Å²) in [6, 6.07) is 19.4. The molecule has 0 fully saturated rings. The number of anilines is 1. The zero-order chi connectivity index (χ0) is 15.1. The van der Waals surface area contributed by atoms with E-state index in [0.717, 1.165) is 11.3 Å². The predicted molar refractivity (Wildman–Crippen MR) is 86.6 cm³/mol. The topological polar surface area (TPSA) is 49.4 Å². The molecule has 2 aromatic rings. The number of benzene rings is 2. The van der Waals surface area contributed by atoms with E-state index < -0.39 is 10.0 Å². The van der Waals surface area contributed by atoms with E-state index >= 15 is 0 Å². The highest BCUT2D eigenvalue weighted by molar-refractivity contribution is 7.88. The number of nitrogens with one attached hydrogen (secondary N) is 1. The van der Waals surface area contributed by atoms with Crippen LogP contribution in [-0.4, -0.2) is 32.1 Å². The van der Waals surface area contributed by atoms with E-state index in [4.69, 9.17) is 0 Å². The van der Waals surface area contributed by atoms with Crippen LogP contribution in [0, 0.1) is 0 Å². The molecule has 1 N–H and O–H groups in total. The van der Waals surface area contributed by atoms with Gasteiger partial charge in [-0.25, -0.2) is 8.42 Å². The van der Waals surface area contributed by atoms with E-state index in [0.29, 0.717) is 19.6 Å². The monoisotopic (exact) mass is 304 g/mol. The minimum absolute atomic E-state index is 0.399. The quantitative estimate of drug-likeness (QED) is 0.855. The van der Waals surface area contributed by atoms with Gasteiger partial charge in [-0.15, -0.1) is 0 Å². The molecule has 0 unspecified atom stereocenters. The fourth-order valence-electron chi connectivity index (χ4n) is 2.03. The molecule has 0 aromatic heterocycles. The molecule has 0 radical (unpaired) electrons. The Balaban J connectivity index is 1.95. The highest BCUT2D eigenvalue weighted by Crippen LogP contribution is 2.09. The standard InChI is InChI=1S/C16H20N2O2S/c1-21(19,20)18(14-15-8-4-2-5-9-15)13-12-17-16-10-6-3-7-11-16/h2-11,17H,12-14H2,1H3. The van der Waals surface area contributed by atoms with Gasteiger partial charge in [-0.1, -0.05) is 48.5 Å². The largest absolute Gasteiger partial charge is 0.384 e. The third-order valence-corrected chi connectivity index (χ3v) is 4.38. The first-order valence-electron chi connectivity index (χ1n) is 6.84. The van der Waals surface area contributed by atoms with Crippen LogP contribution in [0.1, 0.15) is 5.56 Å². The zero-order valence-electron chi connectivity index (χ0n) is 12.1. The molecule has 112 valence electrons. The maximum Gasteiger partial charge on any atom is 0.211 e. The summed E-state index contributed by atoms with van der Waals surface area (Å²) < 4.78 is 25.2. The summed E-state index contributed by atoms with van der Waals surface area (Å²) in [6.07, 6.45) is 1.25. The first-order valence-corrected chi connectivity index (χ1v) is 8.68. The minimum atomic E-state index is -3.22. The van der Waals surface area contributed by atoms with Gasteiger partial charge in [0.15, 0.2) is 0 Å². The van der Waals surface area contributed by atoms with Gasteiger partial charge in [0.1, 0.15) is 0 Å². The van der Waals surface area contributed by atoms with Gasteiger partial charge in [-0.3, -0.25) is 0 Å². The van der Waals surface area contributed by atoms with Gasteiger partial charge in [-0.05, 0) is 17.7 Å². The molecule has 0 aliphatic carbocycles. The molecular weight excluding hydrogens is 284 g/mol. The molecule has 0 amide bonds. The summed E-state index contributed by atoms with van der Waals surface area (Å²) in [5.41, 5.74) is 1.98. The van der Waals surface area contributed by atoms with Crippen molar-refractivity contribution >= 4 is 15.7 Å². The zero-order valence-corrected chi connectivity index (χ0v) is 12.9. The third kappa shape index (κ3) is 5.21. The average molecular weight is 304 g/mol. The van der Waals surface area contributed by atoms with Crippen LogP contribution in [0.5, 0.6) is 0 Å². The third-order valence-electron chi connectivity index (χ3n) is 3.13. The summed E-state index contributed by atoms with van der Waals surface area (Å²) in [5.74, 6) is 0. The van der Waals surface area contributed by atoms with Crippen molar-refractivity contribution in [2.75, 3.05) is 24.7 Å². The summed E-state index contributed by atoms with van der Waals surface area (Å²) in [5, 5.41) is 3.23. The van der Waals surface area contributed by atoms with Crippen molar-refractivity contribution in [3.8, 4) is 0 Å². The number of sulfonamides is 1. The first-order chi connectivity index (χ1) is 10.1. The molecule has 2 aromatic carbocycles. The van der Waals surface area contributed by atoms with Crippen LogP contribution < -0.4 is 5.32 Å². The molecule has 2 rings (SSSR count). The van der Waals surface area contributed by atoms with Crippen molar-refractivity contribution in [3.63, 3.8) is 0 Å². The smallest absolute Gasteiger partial charge is 0.211 e. The fourth-order valence-corrected chi connectivity index (χ4v) is 2.84. The Labute approximate surface area is 126 Å². The number of nitrogens with zero attached hydrogens (tertiary/aromatic N) is 1. The van der Waals surface area contributed by atoms with Crippen LogP contribution in [0.15, 0.2) is 60.7 Å². The van der Waals surface area contributed by atoms with Crippen LogP contribution in [0.25, 0.3) is 0 Å². The van der Waals surface area contributed by atoms with E-state index in [9.17, 15) is 8.42 Å². The Bertz CT molecular complexity index is 642. The molecular formula is C16H20N2O2S. The van der Waals surface area contributed by atoms with Crippen molar-refractivity contribution in [2.24, 2.45) is 0 Å². The maximum atomic E-state index is 11.9. The molecule has 0 atom stereocenters. The summed E-state index contributed by atoms with van der Waals surface area (Å²) in [4.78, 5) is 0. The Morgan fingerprint density at radius 1 is 0.952 bits per heavy atom. The van der Waals surface area contributed by atoms with Crippen molar-refractivity contribution in [3.05, 3.63) is 66.2 Å². The fraction of sp³-hybridized carbons (Fsp3) is 0.250. The lowest BCUT2D eigenvalue weighted by molar-refractivity contribution is 0.422. The van der Waals surface area contributed by atoms with Gasteiger partial charge in [0, 0.05) is 25.3 Å². The SMILES string of the molecule is CS(=O)(=O)N(CCNc1ccccc1)Cc1ccccc1. The average Bonchev–Trinajstić information content (AvgIpc) is 2.47. The highest BCUT2D eigenvalue weighted by atomic mass is 32.2. The highest BCUT2D eigenvalue weighted by Gasteiger charge is 2.16. The van der Waals surface area contributed by atoms with E-state index in [1.54, 1.807) is 0 Å². The Morgan fingerprint density at radius 3 is 2.10 bits per heavy atom. The van der Waals surface area contributed by atoms with Crippen LogP contribution >= 0.6 is 0 Å². The van der Waals surface area contributed by atoms with Gasteiger partial charge in [0.2, 0.25) is 10.0 Å². The first kappa shape index (κ1) is 15.5. The van der Waals surface area contributed by atoms with Gasteiger partial charge < -0.3 is 5.32 Å². The van der Waals surface area contributed by atoms with Crippen LogP contribution in [0.3, 0.4) is 0 Å². The van der Waals surface area contributed by atoms with Crippen molar-refractivity contribution in [1.29, 1.82) is 0 Å². The lowest BCUT2D eigenvalue weighted by atomic mass is 10.2. The van der Waals surface area contributed by atoms with Crippen LogP contribution in [-0.2, 0) is 16.6 Å². The van der Waals surface area contributed by atoms with Gasteiger partial charge in [0.25, 0.3) is 0 Å². The van der Waals surface area contributed by atoms with E-state index in [2.05, 4.69) is 5.32 Å². The van der Waals surface area contributed by atoms with Crippen molar-refractivity contribution < 1.29 is 8.42 Å². The Morgan fingerprint density at radius 2 is 1.52 bits per heavy atom. The molecule has 0 saturated heterocycles. The van der Waals surface area contributed by atoms with Gasteiger partial charge in [0.05, 0.1) is 6.26 Å². The summed E-state index contributed by atoms with van der Waals surface area (Å²) in [6.45, 7) is 1.41. The number of rotatable bonds is 7. The van der Waals surface area contributed by atoms with Crippen LogP contribution in [0.4, 0.5) is 5.69 Å². The number of hydrogen-bond donors (Lipinski definition) is 1. The molecule has 4 nitrogen and oxygen atoms in total. The predicted octanol–water partition coefficient (Wildman–Crippen LogP) is 2.56. The number of hydrogen-bond acceptors (Lipinski definition) is 3. The van der Waals surface area contributed by atoms with Crippen molar-refractivity contribution in [1.82, 2.24) is 4.31 Å². The van der Waals surface area contributed by atoms with E-state index in [-0.39, 0.29) is 0 Å². The molecule has 21 heavy (non-hydrogen) atoms. The summed E-state index contributed by atoms with van der Waals surface area (Å²) >= 11 is 0. The molecule has 0 saturated carbocycles. The molecule has 0 aliphatic heterocycles.